The first kappa shape index (κ1) is 15.4. The van der Waals surface area contributed by atoms with E-state index in [1.807, 2.05) is 47.3 Å². The molecule has 7 heteroatoms. The van der Waals surface area contributed by atoms with Gasteiger partial charge in [0.2, 0.25) is 5.95 Å². The van der Waals surface area contributed by atoms with Crippen molar-refractivity contribution in [2.45, 2.75) is 26.3 Å². The molecule has 0 bridgehead atoms. The SMILES string of the molecule is CCCCNc1nc(N)nc2ccn(Cc3cn4ccccc4n3)c12. The van der Waals surface area contributed by atoms with Crippen molar-refractivity contribution in [3.05, 3.63) is 48.5 Å². The summed E-state index contributed by atoms with van der Waals surface area (Å²) in [5.41, 5.74) is 9.58. The fourth-order valence-corrected chi connectivity index (χ4v) is 3.00. The molecule has 4 aromatic heterocycles. The number of hydrogen-bond acceptors (Lipinski definition) is 5. The normalized spacial score (nSPS) is 11.4. The molecule has 0 saturated heterocycles. The predicted octanol–water partition coefficient (Wildman–Crippen LogP) is 2.92. The molecule has 7 nitrogen and oxygen atoms in total. The molecule has 4 rings (SSSR count). The first-order valence-corrected chi connectivity index (χ1v) is 8.53. The van der Waals surface area contributed by atoms with Crippen LogP contribution in [0, 0.1) is 0 Å². The third-order valence-corrected chi connectivity index (χ3v) is 4.20. The highest BCUT2D eigenvalue weighted by molar-refractivity contribution is 5.87. The number of aromatic nitrogens is 5. The maximum absolute atomic E-state index is 5.85. The number of nitrogens with zero attached hydrogens (tertiary/aromatic N) is 5. The van der Waals surface area contributed by atoms with Gasteiger partial charge < -0.3 is 20.0 Å². The van der Waals surface area contributed by atoms with Gasteiger partial charge in [-0.3, -0.25) is 0 Å². The lowest BCUT2D eigenvalue weighted by Crippen LogP contribution is -2.09. The molecule has 4 heterocycles. The van der Waals surface area contributed by atoms with Crippen molar-refractivity contribution in [3.8, 4) is 0 Å². The third kappa shape index (κ3) is 3.00. The average Bonchev–Trinajstić information content (AvgIpc) is 3.18. The van der Waals surface area contributed by atoms with Gasteiger partial charge in [0, 0.05) is 25.1 Å². The van der Waals surface area contributed by atoms with Crippen LogP contribution in [0.25, 0.3) is 16.7 Å². The van der Waals surface area contributed by atoms with E-state index in [0.29, 0.717) is 6.54 Å². The third-order valence-electron chi connectivity index (χ3n) is 4.20. The standard InChI is InChI=1S/C18H21N7/c1-2-3-8-20-17-16-14(22-18(19)23-17)7-10-25(16)12-13-11-24-9-5-4-6-15(24)21-13/h4-7,9-11H,2-3,8,12H2,1H3,(H3,19,20,22,23). The van der Waals surface area contributed by atoms with Crippen LogP contribution in [0.3, 0.4) is 0 Å². The van der Waals surface area contributed by atoms with Crippen molar-refractivity contribution >= 4 is 28.4 Å². The van der Waals surface area contributed by atoms with Gasteiger partial charge in [0.25, 0.3) is 0 Å². The van der Waals surface area contributed by atoms with Crippen molar-refractivity contribution in [2.75, 3.05) is 17.6 Å². The van der Waals surface area contributed by atoms with E-state index in [9.17, 15) is 0 Å². The predicted molar refractivity (Wildman–Crippen MR) is 99.6 cm³/mol. The highest BCUT2D eigenvalue weighted by atomic mass is 15.1. The molecule has 0 spiro atoms. The van der Waals surface area contributed by atoms with Crippen LogP contribution < -0.4 is 11.1 Å². The van der Waals surface area contributed by atoms with Gasteiger partial charge in [-0.15, -0.1) is 0 Å². The second-order valence-corrected chi connectivity index (χ2v) is 6.09. The van der Waals surface area contributed by atoms with Gasteiger partial charge in [0.1, 0.15) is 11.2 Å². The van der Waals surface area contributed by atoms with E-state index in [1.54, 1.807) is 0 Å². The van der Waals surface area contributed by atoms with Crippen molar-refractivity contribution < 1.29 is 0 Å². The van der Waals surface area contributed by atoms with Crippen LogP contribution in [0.15, 0.2) is 42.9 Å². The van der Waals surface area contributed by atoms with E-state index in [0.717, 1.165) is 47.6 Å². The molecule has 0 atom stereocenters. The molecule has 0 aromatic carbocycles. The van der Waals surface area contributed by atoms with Gasteiger partial charge in [0.05, 0.1) is 17.8 Å². The van der Waals surface area contributed by atoms with Crippen molar-refractivity contribution in [2.24, 2.45) is 0 Å². The zero-order valence-electron chi connectivity index (χ0n) is 14.2. The van der Waals surface area contributed by atoms with Gasteiger partial charge in [-0.1, -0.05) is 19.4 Å². The second kappa shape index (κ2) is 6.43. The number of imidazole rings is 1. The Hall–Kier alpha value is -3.09. The number of hydrogen-bond donors (Lipinski definition) is 2. The lowest BCUT2D eigenvalue weighted by Gasteiger charge is -2.10. The Bertz CT molecular complexity index is 982. The van der Waals surface area contributed by atoms with E-state index >= 15 is 0 Å². The monoisotopic (exact) mass is 335 g/mol. The highest BCUT2D eigenvalue weighted by Crippen LogP contribution is 2.23. The summed E-state index contributed by atoms with van der Waals surface area (Å²) in [6, 6.07) is 7.95. The Kier molecular flexibility index (Phi) is 3.97. The minimum atomic E-state index is 0.289. The molecule has 0 unspecified atom stereocenters. The Labute approximate surface area is 145 Å². The molecule has 25 heavy (non-hydrogen) atoms. The van der Waals surface area contributed by atoms with Crippen molar-refractivity contribution in [3.63, 3.8) is 0 Å². The first-order chi connectivity index (χ1) is 12.2. The Balaban J connectivity index is 1.71. The van der Waals surface area contributed by atoms with E-state index in [2.05, 4.69) is 31.8 Å². The maximum atomic E-state index is 5.85. The average molecular weight is 335 g/mol. The zero-order valence-corrected chi connectivity index (χ0v) is 14.2. The number of nitrogens with two attached hydrogens (primary N) is 1. The zero-order chi connectivity index (χ0) is 17.2. The Morgan fingerprint density at radius 1 is 1.12 bits per heavy atom. The number of rotatable bonds is 6. The van der Waals surface area contributed by atoms with Gasteiger partial charge in [-0.2, -0.15) is 4.98 Å². The maximum Gasteiger partial charge on any atom is 0.222 e. The van der Waals surface area contributed by atoms with E-state index in [1.165, 1.54) is 0 Å². The Morgan fingerprint density at radius 3 is 2.88 bits per heavy atom. The minimum absolute atomic E-state index is 0.289. The second-order valence-electron chi connectivity index (χ2n) is 6.09. The summed E-state index contributed by atoms with van der Waals surface area (Å²) in [6.07, 6.45) is 8.26. The molecular formula is C18H21N7. The molecule has 0 radical (unpaired) electrons. The number of unbranched alkanes of at least 4 members (excludes halogenated alkanes) is 1. The number of nitrogens with one attached hydrogen (secondary N) is 1. The van der Waals surface area contributed by atoms with Gasteiger partial charge >= 0.3 is 0 Å². The summed E-state index contributed by atoms with van der Waals surface area (Å²) < 4.78 is 4.14. The smallest absolute Gasteiger partial charge is 0.222 e. The van der Waals surface area contributed by atoms with E-state index < -0.39 is 0 Å². The molecule has 4 aromatic rings. The van der Waals surface area contributed by atoms with Crippen molar-refractivity contribution in [1.82, 2.24) is 23.9 Å². The van der Waals surface area contributed by atoms with Crippen LogP contribution in [0.4, 0.5) is 11.8 Å². The van der Waals surface area contributed by atoms with E-state index in [-0.39, 0.29) is 5.95 Å². The number of anilines is 2. The number of nitrogen functional groups attached to an aromatic ring is 1. The summed E-state index contributed by atoms with van der Waals surface area (Å²) in [5.74, 6) is 1.07. The van der Waals surface area contributed by atoms with Crippen LogP contribution in [0.1, 0.15) is 25.5 Å². The number of pyridine rings is 1. The van der Waals surface area contributed by atoms with Crippen LogP contribution in [0.2, 0.25) is 0 Å². The summed E-state index contributed by atoms with van der Waals surface area (Å²) in [5, 5.41) is 3.39. The molecule has 0 saturated carbocycles. The molecule has 0 aliphatic heterocycles. The number of fused-ring (bicyclic) bond motifs is 2. The van der Waals surface area contributed by atoms with Gasteiger partial charge in [-0.05, 0) is 24.6 Å². The highest BCUT2D eigenvalue weighted by Gasteiger charge is 2.12. The van der Waals surface area contributed by atoms with E-state index in [4.69, 9.17) is 5.73 Å². The molecular weight excluding hydrogens is 314 g/mol. The molecule has 128 valence electrons. The molecule has 0 amide bonds. The largest absolute Gasteiger partial charge is 0.368 e. The van der Waals surface area contributed by atoms with Crippen LogP contribution in [-0.2, 0) is 6.54 Å². The van der Waals surface area contributed by atoms with Crippen molar-refractivity contribution in [1.29, 1.82) is 0 Å². The summed E-state index contributed by atoms with van der Waals surface area (Å²) in [7, 11) is 0. The van der Waals surface area contributed by atoms with Gasteiger partial charge in [0.15, 0.2) is 5.82 Å². The molecule has 0 aliphatic rings. The van der Waals surface area contributed by atoms with Gasteiger partial charge in [-0.25, -0.2) is 9.97 Å². The molecule has 3 N–H and O–H groups in total. The van der Waals surface area contributed by atoms with Crippen LogP contribution >= 0.6 is 0 Å². The molecule has 0 fully saturated rings. The summed E-state index contributed by atoms with van der Waals surface area (Å²) >= 11 is 0. The quantitative estimate of drug-likeness (QED) is 0.529. The summed E-state index contributed by atoms with van der Waals surface area (Å²) in [6.45, 7) is 3.68. The minimum Gasteiger partial charge on any atom is -0.368 e. The lowest BCUT2D eigenvalue weighted by molar-refractivity contribution is 0.807. The fourth-order valence-electron chi connectivity index (χ4n) is 3.00. The fraction of sp³-hybridized carbons (Fsp3) is 0.278. The Morgan fingerprint density at radius 2 is 2.04 bits per heavy atom. The van der Waals surface area contributed by atoms with Crippen LogP contribution in [0.5, 0.6) is 0 Å². The first-order valence-electron chi connectivity index (χ1n) is 8.53. The lowest BCUT2D eigenvalue weighted by atomic mass is 10.3. The van der Waals surface area contributed by atoms with Crippen LogP contribution in [-0.4, -0.2) is 30.5 Å². The summed E-state index contributed by atoms with van der Waals surface area (Å²) in [4.78, 5) is 13.4. The topological polar surface area (TPSA) is 86.1 Å². The molecule has 0 aliphatic carbocycles.